The number of carboxylic acids is 1. The van der Waals surface area contributed by atoms with Gasteiger partial charge in [-0.05, 0) is 6.92 Å². The molecule has 2 aromatic rings. The van der Waals surface area contributed by atoms with Gasteiger partial charge in [-0.2, -0.15) is 4.98 Å². The lowest BCUT2D eigenvalue weighted by Crippen LogP contribution is -2.16. The van der Waals surface area contributed by atoms with Gasteiger partial charge in [0.25, 0.3) is 5.91 Å². The fourth-order valence-electron chi connectivity index (χ4n) is 1.20. The molecule has 0 atom stereocenters. The van der Waals surface area contributed by atoms with Crippen LogP contribution in [-0.2, 0) is 0 Å². The van der Waals surface area contributed by atoms with E-state index in [0.717, 1.165) is 6.33 Å². The van der Waals surface area contributed by atoms with Crippen molar-refractivity contribution in [2.24, 2.45) is 0 Å². The van der Waals surface area contributed by atoms with Crippen LogP contribution in [-0.4, -0.2) is 31.9 Å². The van der Waals surface area contributed by atoms with Gasteiger partial charge in [-0.1, -0.05) is 0 Å². The lowest BCUT2D eigenvalue weighted by molar-refractivity contribution is 0.0686. The molecule has 0 aliphatic rings. The largest absolute Gasteiger partial charge is 0.477 e. The lowest BCUT2D eigenvalue weighted by atomic mass is 10.3. The predicted molar refractivity (Wildman–Crippen MR) is 54.7 cm³/mol. The van der Waals surface area contributed by atoms with E-state index in [4.69, 9.17) is 9.52 Å². The molecule has 2 heterocycles. The molecule has 0 bridgehead atoms. The third-order valence-electron chi connectivity index (χ3n) is 1.91. The molecule has 0 unspecified atom stereocenters. The monoisotopic (exact) mass is 236 g/mol. The molecule has 8 heteroatoms. The number of rotatable bonds is 3. The molecule has 88 valence electrons. The number of hydrogen-bond acceptors (Lipinski definition) is 5. The van der Waals surface area contributed by atoms with Crippen molar-refractivity contribution in [3.05, 3.63) is 29.7 Å². The van der Waals surface area contributed by atoms with E-state index in [1.165, 1.54) is 6.26 Å². The first kappa shape index (κ1) is 10.9. The first-order valence-electron chi connectivity index (χ1n) is 4.58. The third-order valence-corrected chi connectivity index (χ3v) is 1.91. The second kappa shape index (κ2) is 4.08. The average Bonchev–Trinajstić information content (AvgIpc) is 2.86. The van der Waals surface area contributed by atoms with Crippen LogP contribution >= 0.6 is 0 Å². The average molecular weight is 236 g/mol. The number of nitrogens with zero attached hydrogens (tertiary/aromatic N) is 2. The molecule has 0 saturated heterocycles. The van der Waals surface area contributed by atoms with Crippen LogP contribution in [0, 0.1) is 6.92 Å². The molecule has 0 aliphatic heterocycles. The van der Waals surface area contributed by atoms with Crippen molar-refractivity contribution in [2.75, 3.05) is 5.32 Å². The van der Waals surface area contributed by atoms with Crippen LogP contribution in [0.5, 0.6) is 0 Å². The SMILES string of the molecule is Cc1coc(NC(=O)c2nc[nH]c2C(=O)O)n1. The molecule has 0 aliphatic carbocycles. The Bertz CT molecular complexity index is 571. The quantitative estimate of drug-likeness (QED) is 0.719. The summed E-state index contributed by atoms with van der Waals surface area (Å²) in [5, 5.41) is 11.1. The molecule has 0 fully saturated rings. The number of H-pyrrole nitrogens is 1. The van der Waals surface area contributed by atoms with E-state index in [1.54, 1.807) is 6.92 Å². The maximum atomic E-state index is 11.7. The summed E-state index contributed by atoms with van der Waals surface area (Å²) in [7, 11) is 0. The van der Waals surface area contributed by atoms with Crippen molar-refractivity contribution < 1.29 is 19.1 Å². The van der Waals surface area contributed by atoms with Gasteiger partial charge >= 0.3 is 12.0 Å². The van der Waals surface area contributed by atoms with Crippen molar-refractivity contribution in [3.63, 3.8) is 0 Å². The Kier molecular flexibility index (Phi) is 2.61. The van der Waals surface area contributed by atoms with Gasteiger partial charge < -0.3 is 14.5 Å². The Morgan fingerprint density at radius 3 is 2.88 bits per heavy atom. The highest BCUT2D eigenvalue weighted by atomic mass is 16.4. The number of oxazole rings is 1. The predicted octanol–water partition coefficient (Wildman–Crippen LogP) is 0.657. The van der Waals surface area contributed by atoms with E-state index in [2.05, 4.69) is 20.3 Å². The van der Waals surface area contributed by atoms with E-state index in [1.807, 2.05) is 0 Å². The molecule has 17 heavy (non-hydrogen) atoms. The Morgan fingerprint density at radius 2 is 2.29 bits per heavy atom. The number of imidazole rings is 1. The molecule has 0 spiro atoms. The number of aryl methyl sites for hydroxylation is 1. The molecule has 0 aromatic carbocycles. The summed E-state index contributed by atoms with van der Waals surface area (Å²) in [6, 6.07) is -0.00756. The summed E-state index contributed by atoms with van der Waals surface area (Å²) in [6.45, 7) is 1.69. The number of carbonyl (C=O) groups is 2. The van der Waals surface area contributed by atoms with E-state index < -0.39 is 11.9 Å². The van der Waals surface area contributed by atoms with E-state index in [9.17, 15) is 9.59 Å². The number of aromatic nitrogens is 3. The zero-order valence-electron chi connectivity index (χ0n) is 8.72. The van der Waals surface area contributed by atoms with Crippen molar-refractivity contribution >= 4 is 17.9 Å². The number of amides is 1. The zero-order chi connectivity index (χ0) is 12.4. The van der Waals surface area contributed by atoms with Gasteiger partial charge in [-0.15, -0.1) is 0 Å². The van der Waals surface area contributed by atoms with Gasteiger partial charge in [-0.3, -0.25) is 10.1 Å². The van der Waals surface area contributed by atoms with Gasteiger partial charge in [0.1, 0.15) is 6.26 Å². The number of hydrogen-bond donors (Lipinski definition) is 3. The first-order valence-corrected chi connectivity index (χ1v) is 4.58. The summed E-state index contributed by atoms with van der Waals surface area (Å²) in [5.74, 6) is -1.97. The fraction of sp³-hybridized carbons (Fsp3) is 0.111. The Labute approximate surface area is 94.7 Å². The zero-order valence-corrected chi connectivity index (χ0v) is 8.72. The standard InChI is InChI=1S/C9H8N4O4/c1-4-2-17-9(12-4)13-7(14)5-6(8(15)16)11-3-10-5/h2-3H,1H3,(H,10,11)(H,15,16)(H,12,13,14). The lowest BCUT2D eigenvalue weighted by Gasteiger charge is -1.98. The summed E-state index contributed by atoms with van der Waals surface area (Å²) in [6.07, 6.45) is 2.48. The fourth-order valence-corrected chi connectivity index (χ4v) is 1.20. The Morgan fingerprint density at radius 1 is 1.53 bits per heavy atom. The van der Waals surface area contributed by atoms with Crippen molar-refractivity contribution in [3.8, 4) is 0 Å². The molecule has 2 rings (SSSR count). The first-order chi connectivity index (χ1) is 8.08. The number of aromatic amines is 1. The smallest absolute Gasteiger partial charge is 0.354 e. The van der Waals surface area contributed by atoms with Crippen LogP contribution < -0.4 is 5.32 Å². The second-order valence-corrected chi connectivity index (χ2v) is 3.18. The highest BCUT2D eigenvalue weighted by molar-refractivity contribution is 6.07. The van der Waals surface area contributed by atoms with Gasteiger partial charge in [0.05, 0.1) is 12.0 Å². The highest BCUT2D eigenvalue weighted by Gasteiger charge is 2.20. The molecule has 3 N–H and O–H groups in total. The summed E-state index contributed by atoms with van der Waals surface area (Å²) in [4.78, 5) is 32.2. The Hall–Kier alpha value is -2.64. The number of nitrogens with one attached hydrogen (secondary N) is 2. The van der Waals surface area contributed by atoms with Gasteiger partial charge in [0.2, 0.25) is 0 Å². The van der Waals surface area contributed by atoms with E-state index in [-0.39, 0.29) is 17.4 Å². The van der Waals surface area contributed by atoms with E-state index >= 15 is 0 Å². The van der Waals surface area contributed by atoms with Gasteiger partial charge in [0.15, 0.2) is 11.4 Å². The summed E-state index contributed by atoms with van der Waals surface area (Å²) in [5.41, 5.74) is 0.0833. The van der Waals surface area contributed by atoms with Crippen molar-refractivity contribution in [1.29, 1.82) is 0 Å². The van der Waals surface area contributed by atoms with E-state index in [0.29, 0.717) is 5.69 Å². The van der Waals surface area contributed by atoms with Gasteiger partial charge in [-0.25, -0.2) is 9.78 Å². The van der Waals surface area contributed by atoms with Crippen molar-refractivity contribution in [1.82, 2.24) is 15.0 Å². The number of aromatic carboxylic acids is 1. The summed E-state index contributed by atoms with van der Waals surface area (Å²) < 4.78 is 4.90. The molecular weight excluding hydrogens is 228 g/mol. The van der Waals surface area contributed by atoms with Crippen LogP contribution in [0.2, 0.25) is 0 Å². The maximum absolute atomic E-state index is 11.7. The number of carbonyl (C=O) groups excluding carboxylic acids is 1. The third kappa shape index (κ3) is 2.14. The summed E-state index contributed by atoms with van der Waals surface area (Å²) >= 11 is 0. The molecule has 1 amide bonds. The molecule has 0 saturated carbocycles. The second-order valence-electron chi connectivity index (χ2n) is 3.18. The minimum Gasteiger partial charge on any atom is -0.477 e. The number of carboxylic acid groups (broad SMARTS) is 1. The molecule has 0 radical (unpaired) electrons. The van der Waals surface area contributed by atoms with Crippen LogP contribution in [0.1, 0.15) is 26.7 Å². The normalized spacial score (nSPS) is 10.2. The van der Waals surface area contributed by atoms with Crippen LogP contribution in [0.15, 0.2) is 17.0 Å². The molecular formula is C9H8N4O4. The molecule has 8 nitrogen and oxygen atoms in total. The minimum atomic E-state index is -1.27. The van der Waals surface area contributed by atoms with Crippen LogP contribution in [0.3, 0.4) is 0 Å². The highest BCUT2D eigenvalue weighted by Crippen LogP contribution is 2.09. The maximum Gasteiger partial charge on any atom is 0.354 e. The van der Waals surface area contributed by atoms with Crippen LogP contribution in [0.25, 0.3) is 0 Å². The topological polar surface area (TPSA) is 121 Å². The Balaban J connectivity index is 2.20. The van der Waals surface area contributed by atoms with Gasteiger partial charge in [0, 0.05) is 0 Å². The minimum absolute atomic E-state index is 0.00756. The molecule has 2 aromatic heterocycles. The number of anilines is 1. The van der Waals surface area contributed by atoms with Crippen LogP contribution in [0.4, 0.5) is 6.01 Å². The van der Waals surface area contributed by atoms with Crippen molar-refractivity contribution in [2.45, 2.75) is 6.92 Å².